The molecule has 0 saturated carbocycles. The second-order valence-electron chi connectivity index (χ2n) is 6.17. The predicted octanol–water partition coefficient (Wildman–Crippen LogP) is 3.22. The molecule has 0 aliphatic heterocycles. The second-order valence-corrected chi connectivity index (χ2v) is 10.6. The fourth-order valence-corrected chi connectivity index (χ4v) is 5.72. The van der Waals surface area contributed by atoms with E-state index in [2.05, 4.69) is 19.7 Å². The van der Waals surface area contributed by atoms with Gasteiger partial charge in [0.2, 0.25) is 0 Å². The van der Waals surface area contributed by atoms with Crippen LogP contribution in [0.2, 0.25) is 13.1 Å². The molecule has 0 radical (unpaired) electrons. The van der Waals surface area contributed by atoms with Crippen molar-refractivity contribution in [3.63, 3.8) is 0 Å². The van der Waals surface area contributed by atoms with Crippen LogP contribution in [0.3, 0.4) is 0 Å². The van der Waals surface area contributed by atoms with Crippen LogP contribution in [0.5, 0.6) is 0 Å². The van der Waals surface area contributed by atoms with E-state index in [4.69, 9.17) is 9.47 Å². The molecule has 0 N–H and O–H groups in total. The standard InChI is InChI=1S/C19H28O4Si/c1-7-19(17(20)22-8-2,18(21)23-9-3)15(4)24(5,6)16-13-11-10-12-14-16/h10-14H,4,7-9H2,1-3,5-6H3. The minimum absolute atomic E-state index is 0.209. The van der Waals surface area contributed by atoms with Gasteiger partial charge in [0.15, 0.2) is 5.41 Å². The molecule has 0 amide bonds. The summed E-state index contributed by atoms with van der Waals surface area (Å²) in [6, 6.07) is 9.90. The molecule has 1 aromatic rings. The van der Waals surface area contributed by atoms with E-state index in [0.717, 1.165) is 5.19 Å². The topological polar surface area (TPSA) is 52.6 Å². The SMILES string of the molecule is C=C(C(CC)(C(=O)OCC)C(=O)OCC)[Si](C)(C)c1ccccc1. The first kappa shape index (κ1) is 20.2. The number of ether oxygens (including phenoxy) is 2. The molecule has 1 rings (SSSR count). The number of hydrogen-bond donors (Lipinski definition) is 0. The highest BCUT2D eigenvalue weighted by Crippen LogP contribution is 2.39. The van der Waals surface area contributed by atoms with Crippen LogP contribution in [0.1, 0.15) is 27.2 Å². The van der Waals surface area contributed by atoms with E-state index < -0.39 is 25.4 Å². The third kappa shape index (κ3) is 3.61. The number of hydrogen-bond acceptors (Lipinski definition) is 4. The third-order valence-corrected chi connectivity index (χ3v) is 8.26. The lowest BCUT2D eigenvalue weighted by Crippen LogP contribution is -2.55. The fourth-order valence-electron chi connectivity index (χ4n) is 2.90. The van der Waals surface area contributed by atoms with Gasteiger partial charge in [-0.05, 0) is 20.3 Å². The van der Waals surface area contributed by atoms with Crippen LogP contribution < -0.4 is 5.19 Å². The van der Waals surface area contributed by atoms with Gasteiger partial charge < -0.3 is 9.47 Å². The molecule has 5 heteroatoms. The van der Waals surface area contributed by atoms with Crippen LogP contribution in [-0.2, 0) is 19.1 Å². The Bertz CT molecular complexity index is 575. The Kier molecular flexibility index (Phi) is 6.96. The maximum absolute atomic E-state index is 12.8. The highest BCUT2D eigenvalue weighted by molar-refractivity contribution is 6.96. The molecule has 132 valence electrons. The normalized spacial score (nSPS) is 11.7. The number of carbonyl (C=O) groups excluding carboxylic acids is 2. The second kappa shape index (κ2) is 8.28. The summed E-state index contributed by atoms with van der Waals surface area (Å²) in [5, 5.41) is 1.74. The average Bonchev–Trinajstić information content (AvgIpc) is 2.57. The van der Waals surface area contributed by atoms with Crippen LogP contribution in [0.4, 0.5) is 0 Å². The quantitative estimate of drug-likeness (QED) is 0.411. The lowest BCUT2D eigenvalue weighted by Gasteiger charge is -2.37. The summed E-state index contributed by atoms with van der Waals surface area (Å²) in [5.74, 6) is -1.13. The van der Waals surface area contributed by atoms with E-state index in [9.17, 15) is 9.59 Å². The van der Waals surface area contributed by atoms with E-state index >= 15 is 0 Å². The van der Waals surface area contributed by atoms with Gasteiger partial charge in [-0.15, -0.1) is 6.58 Å². The minimum Gasteiger partial charge on any atom is -0.465 e. The number of esters is 2. The molecule has 0 saturated heterocycles. The zero-order chi connectivity index (χ0) is 18.4. The molecule has 0 aromatic heterocycles. The van der Waals surface area contributed by atoms with Crippen LogP contribution in [0, 0.1) is 5.41 Å². The van der Waals surface area contributed by atoms with Gasteiger partial charge in [-0.1, -0.05) is 60.7 Å². The lowest BCUT2D eigenvalue weighted by atomic mass is 9.84. The van der Waals surface area contributed by atoms with Crippen molar-refractivity contribution in [1.82, 2.24) is 0 Å². The number of benzene rings is 1. The van der Waals surface area contributed by atoms with Gasteiger partial charge in [0.05, 0.1) is 13.2 Å². The highest BCUT2D eigenvalue weighted by Gasteiger charge is 2.54. The van der Waals surface area contributed by atoms with Crippen LogP contribution in [0.25, 0.3) is 0 Å². The van der Waals surface area contributed by atoms with Gasteiger partial charge in [-0.2, -0.15) is 0 Å². The lowest BCUT2D eigenvalue weighted by molar-refractivity contribution is -0.168. The van der Waals surface area contributed by atoms with Crippen molar-refractivity contribution in [2.75, 3.05) is 13.2 Å². The summed E-state index contributed by atoms with van der Waals surface area (Å²) in [5.41, 5.74) is -1.45. The smallest absolute Gasteiger partial charge is 0.327 e. The first-order chi connectivity index (χ1) is 11.3. The summed E-state index contributed by atoms with van der Waals surface area (Å²) in [6.07, 6.45) is 0.271. The summed E-state index contributed by atoms with van der Waals surface area (Å²) in [7, 11) is -2.32. The fraction of sp³-hybridized carbons (Fsp3) is 0.474. The van der Waals surface area contributed by atoms with Crippen LogP contribution in [-0.4, -0.2) is 33.2 Å². The molecule has 0 atom stereocenters. The van der Waals surface area contributed by atoms with Gasteiger partial charge >= 0.3 is 11.9 Å². The summed E-state index contributed by atoms with van der Waals surface area (Å²) >= 11 is 0. The van der Waals surface area contributed by atoms with Crippen molar-refractivity contribution < 1.29 is 19.1 Å². The summed E-state index contributed by atoms with van der Waals surface area (Å²) in [4.78, 5) is 25.5. The van der Waals surface area contributed by atoms with E-state index in [1.165, 1.54) is 0 Å². The Morgan fingerprint density at radius 2 is 1.46 bits per heavy atom. The highest BCUT2D eigenvalue weighted by atomic mass is 28.3. The predicted molar refractivity (Wildman–Crippen MR) is 98.7 cm³/mol. The first-order valence-electron chi connectivity index (χ1n) is 8.38. The van der Waals surface area contributed by atoms with Gasteiger partial charge in [0.1, 0.15) is 8.07 Å². The average molecular weight is 349 g/mol. The molecule has 0 bridgehead atoms. The van der Waals surface area contributed by atoms with E-state index in [1.807, 2.05) is 30.3 Å². The molecule has 0 aliphatic carbocycles. The van der Waals surface area contributed by atoms with Gasteiger partial charge in [0.25, 0.3) is 0 Å². The number of rotatable bonds is 8. The van der Waals surface area contributed by atoms with Crippen LogP contribution in [0.15, 0.2) is 42.1 Å². The molecule has 0 unspecified atom stereocenters. The van der Waals surface area contributed by atoms with Crippen molar-refractivity contribution in [3.8, 4) is 0 Å². The molecule has 4 nitrogen and oxygen atoms in total. The van der Waals surface area contributed by atoms with Crippen LogP contribution >= 0.6 is 0 Å². The monoisotopic (exact) mass is 348 g/mol. The molecule has 0 spiro atoms. The molecule has 0 fully saturated rings. The Balaban J connectivity index is 3.44. The Labute approximate surface area is 145 Å². The van der Waals surface area contributed by atoms with Gasteiger partial charge in [-0.25, -0.2) is 0 Å². The zero-order valence-corrected chi connectivity index (χ0v) is 16.3. The molecule has 1 aromatic carbocycles. The third-order valence-electron chi connectivity index (χ3n) is 4.54. The molecule has 24 heavy (non-hydrogen) atoms. The van der Waals surface area contributed by atoms with Gasteiger partial charge in [-0.3, -0.25) is 9.59 Å². The Morgan fingerprint density at radius 3 is 1.83 bits per heavy atom. The van der Waals surface area contributed by atoms with Crippen molar-refractivity contribution >= 4 is 25.2 Å². The maximum Gasteiger partial charge on any atom is 0.327 e. The van der Waals surface area contributed by atoms with Crippen molar-refractivity contribution in [3.05, 3.63) is 42.1 Å². The molecular weight excluding hydrogens is 320 g/mol. The molecular formula is C19H28O4Si. The van der Waals surface area contributed by atoms with Gasteiger partial charge in [0, 0.05) is 0 Å². The minimum atomic E-state index is -2.32. The maximum atomic E-state index is 12.8. The largest absolute Gasteiger partial charge is 0.465 e. The van der Waals surface area contributed by atoms with Crippen molar-refractivity contribution in [2.45, 2.75) is 40.3 Å². The summed E-state index contributed by atoms with van der Waals surface area (Å²) in [6.45, 7) is 14.1. The Hall–Kier alpha value is -1.88. The zero-order valence-electron chi connectivity index (χ0n) is 15.3. The van der Waals surface area contributed by atoms with E-state index in [-0.39, 0.29) is 19.6 Å². The number of carbonyl (C=O) groups is 2. The molecule has 0 aliphatic rings. The van der Waals surface area contributed by atoms with E-state index in [0.29, 0.717) is 5.20 Å². The van der Waals surface area contributed by atoms with Crippen molar-refractivity contribution in [1.29, 1.82) is 0 Å². The molecule has 0 heterocycles. The first-order valence-corrected chi connectivity index (χ1v) is 11.4. The summed E-state index contributed by atoms with van der Waals surface area (Å²) < 4.78 is 10.5. The Morgan fingerprint density at radius 1 is 1.00 bits per heavy atom. The van der Waals surface area contributed by atoms with E-state index in [1.54, 1.807) is 20.8 Å². The van der Waals surface area contributed by atoms with Crippen molar-refractivity contribution in [2.24, 2.45) is 5.41 Å².